The lowest BCUT2D eigenvalue weighted by molar-refractivity contribution is -0.388. The quantitative estimate of drug-likeness (QED) is 0.659. The first-order chi connectivity index (χ1) is 10.7. The molecular formula is C15H16N2O4S2. The average Bonchev–Trinajstić information content (AvgIpc) is 2.51. The number of nitrogens with one attached hydrogen (secondary N) is 1. The van der Waals surface area contributed by atoms with Crippen molar-refractivity contribution in [2.24, 2.45) is 0 Å². The van der Waals surface area contributed by atoms with Gasteiger partial charge in [-0.1, -0.05) is 23.9 Å². The molecule has 0 aliphatic rings. The molecule has 0 aliphatic heterocycles. The Hall–Kier alpha value is -1.90. The van der Waals surface area contributed by atoms with Crippen LogP contribution in [-0.4, -0.2) is 20.4 Å². The molecule has 2 rings (SSSR count). The van der Waals surface area contributed by atoms with E-state index in [-0.39, 0.29) is 10.6 Å². The van der Waals surface area contributed by atoms with Crippen molar-refractivity contribution in [1.82, 2.24) is 4.72 Å². The van der Waals surface area contributed by atoms with E-state index < -0.39 is 14.9 Å². The number of hydrogen-bond donors (Lipinski definition) is 1. The zero-order chi connectivity index (χ0) is 17.2. The van der Waals surface area contributed by atoms with E-state index in [1.165, 1.54) is 30.9 Å². The minimum absolute atomic E-state index is 0.128. The van der Waals surface area contributed by atoms with E-state index in [1.54, 1.807) is 0 Å². The Labute approximate surface area is 139 Å². The lowest BCUT2D eigenvalue weighted by atomic mass is 10.2. The van der Waals surface area contributed by atoms with Crippen LogP contribution in [0, 0.1) is 24.0 Å². The van der Waals surface area contributed by atoms with Crippen LogP contribution in [0.5, 0.6) is 0 Å². The molecule has 122 valence electrons. The number of sulfonamides is 1. The maximum atomic E-state index is 11.8. The largest absolute Gasteiger partial charge is 0.284 e. The Kier molecular flexibility index (Phi) is 5.08. The highest BCUT2D eigenvalue weighted by Gasteiger charge is 2.21. The predicted octanol–water partition coefficient (Wildman–Crippen LogP) is 3.27. The van der Waals surface area contributed by atoms with Gasteiger partial charge in [-0.2, -0.15) is 0 Å². The van der Waals surface area contributed by atoms with E-state index in [1.807, 2.05) is 32.0 Å². The molecular weight excluding hydrogens is 336 g/mol. The fraction of sp³-hybridized carbons (Fsp3) is 0.200. The first kappa shape index (κ1) is 17.5. The summed E-state index contributed by atoms with van der Waals surface area (Å²) >= 11 is 1.25. The van der Waals surface area contributed by atoms with E-state index in [2.05, 4.69) is 4.72 Å². The SMILES string of the molecule is CNS(=O)(=O)c1ccc(Sc2cc(C)ccc2C)c([N+](=O)[O-])c1. The van der Waals surface area contributed by atoms with Crippen LogP contribution in [0.2, 0.25) is 0 Å². The third kappa shape index (κ3) is 3.90. The third-order valence-electron chi connectivity index (χ3n) is 3.27. The van der Waals surface area contributed by atoms with Gasteiger partial charge in [0.05, 0.1) is 14.7 Å². The molecule has 0 saturated heterocycles. The van der Waals surface area contributed by atoms with Crippen LogP contribution in [-0.2, 0) is 10.0 Å². The van der Waals surface area contributed by atoms with Gasteiger partial charge in [0, 0.05) is 11.0 Å². The number of rotatable bonds is 5. The predicted molar refractivity (Wildman–Crippen MR) is 89.4 cm³/mol. The van der Waals surface area contributed by atoms with Crippen molar-refractivity contribution in [2.45, 2.75) is 28.5 Å². The van der Waals surface area contributed by atoms with E-state index in [0.29, 0.717) is 4.90 Å². The van der Waals surface area contributed by atoms with E-state index >= 15 is 0 Å². The summed E-state index contributed by atoms with van der Waals surface area (Å²) in [6, 6.07) is 9.78. The highest BCUT2D eigenvalue weighted by Crippen LogP contribution is 2.37. The van der Waals surface area contributed by atoms with Crippen molar-refractivity contribution in [3.05, 3.63) is 57.6 Å². The molecule has 2 aromatic rings. The summed E-state index contributed by atoms with van der Waals surface area (Å²) in [6.45, 7) is 3.87. The fourth-order valence-corrected chi connectivity index (χ4v) is 3.78. The molecule has 0 amide bonds. The van der Waals surface area contributed by atoms with Gasteiger partial charge in [0.1, 0.15) is 0 Å². The van der Waals surface area contributed by atoms with E-state index in [4.69, 9.17) is 0 Å². The Balaban J connectivity index is 2.51. The van der Waals surface area contributed by atoms with Crippen molar-refractivity contribution in [1.29, 1.82) is 0 Å². The molecule has 0 radical (unpaired) electrons. The summed E-state index contributed by atoms with van der Waals surface area (Å²) < 4.78 is 25.8. The normalized spacial score (nSPS) is 11.4. The highest BCUT2D eigenvalue weighted by molar-refractivity contribution is 7.99. The van der Waals surface area contributed by atoms with Crippen LogP contribution < -0.4 is 4.72 Å². The molecule has 2 aromatic carbocycles. The van der Waals surface area contributed by atoms with Gasteiger partial charge in [-0.3, -0.25) is 10.1 Å². The average molecular weight is 352 g/mol. The molecule has 23 heavy (non-hydrogen) atoms. The number of nitro benzene ring substituents is 1. The molecule has 0 aromatic heterocycles. The summed E-state index contributed by atoms with van der Waals surface area (Å²) in [5, 5.41) is 11.3. The second-order valence-electron chi connectivity index (χ2n) is 4.97. The standard InChI is InChI=1S/C15H16N2O4S2/c1-10-4-5-11(2)15(8-10)22-14-7-6-12(23(20,21)16-3)9-13(14)17(18)19/h4-9,16H,1-3H3. The zero-order valence-electron chi connectivity index (χ0n) is 12.9. The first-order valence-corrected chi connectivity index (χ1v) is 9.01. The van der Waals surface area contributed by atoms with Crippen molar-refractivity contribution in [2.75, 3.05) is 7.05 Å². The van der Waals surface area contributed by atoms with Crippen molar-refractivity contribution < 1.29 is 13.3 Å². The second-order valence-corrected chi connectivity index (χ2v) is 7.94. The molecule has 0 saturated carbocycles. The van der Waals surface area contributed by atoms with Gasteiger partial charge in [-0.05, 0) is 50.2 Å². The molecule has 8 heteroatoms. The summed E-state index contributed by atoms with van der Waals surface area (Å²) in [6.07, 6.45) is 0. The molecule has 0 unspecified atom stereocenters. The van der Waals surface area contributed by atoms with Gasteiger partial charge in [-0.25, -0.2) is 13.1 Å². The summed E-state index contributed by atoms with van der Waals surface area (Å²) in [4.78, 5) is 11.9. The highest BCUT2D eigenvalue weighted by atomic mass is 32.2. The number of hydrogen-bond acceptors (Lipinski definition) is 5. The molecule has 0 fully saturated rings. The van der Waals surface area contributed by atoms with Crippen LogP contribution >= 0.6 is 11.8 Å². The topological polar surface area (TPSA) is 89.3 Å². The first-order valence-electron chi connectivity index (χ1n) is 6.71. The maximum Gasteiger partial charge on any atom is 0.284 e. The Morgan fingerprint density at radius 1 is 1.09 bits per heavy atom. The number of nitro groups is 1. The van der Waals surface area contributed by atoms with Crippen LogP contribution in [0.3, 0.4) is 0 Å². The van der Waals surface area contributed by atoms with Crippen LogP contribution in [0.4, 0.5) is 5.69 Å². The minimum atomic E-state index is -3.72. The van der Waals surface area contributed by atoms with E-state index in [9.17, 15) is 18.5 Å². The van der Waals surface area contributed by atoms with Gasteiger partial charge in [0.15, 0.2) is 0 Å². The molecule has 0 atom stereocenters. The van der Waals surface area contributed by atoms with Crippen molar-refractivity contribution >= 4 is 27.5 Å². The van der Waals surface area contributed by atoms with Crippen LogP contribution in [0.1, 0.15) is 11.1 Å². The summed E-state index contributed by atoms with van der Waals surface area (Å²) in [5.74, 6) is 0. The molecule has 0 aliphatic carbocycles. The van der Waals surface area contributed by atoms with Gasteiger partial charge >= 0.3 is 0 Å². The fourth-order valence-electron chi connectivity index (χ4n) is 1.95. The molecule has 1 N–H and O–H groups in total. The Morgan fingerprint density at radius 3 is 2.39 bits per heavy atom. The van der Waals surface area contributed by atoms with Crippen molar-refractivity contribution in [3.63, 3.8) is 0 Å². The summed E-state index contributed by atoms with van der Waals surface area (Å²) in [5.41, 5.74) is 1.82. The minimum Gasteiger partial charge on any atom is -0.258 e. The Bertz CT molecular complexity index is 864. The number of benzene rings is 2. The zero-order valence-corrected chi connectivity index (χ0v) is 14.5. The second kappa shape index (κ2) is 6.69. The van der Waals surface area contributed by atoms with Gasteiger partial charge in [0.2, 0.25) is 10.0 Å². The number of nitrogens with zero attached hydrogens (tertiary/aromatic N) is 1. The smallest absolute Gasteiger partial charge is 0.258 e. The summed E-state index contributed by atoms with van der Waals surface area (Å²) in [7, 11) is -2.46. The molecule has 0 spiro atoms. The van der Waals surface area contributed by atoms with Crippen molar-refractivity contribution in [3.8, 4) is 0 Å². The van der Waals surface area contributed by atoms with Crippen LogP contribution in [0.25, 0.3) is 0 Å². The van der Waals surface area contributed by atoms with Gasteiger partial charge in [-0.15, -0.1) is 0 Å². The van der Waals surface area contributed by atoms with Gasteiger partial charge in [0.25, 0.3) is 5.69 Å². The lowest BCUT2D eigenvalue weighted by Gasteiger charge is -2.09. The lowest BCUT2D eigenvalue weighted by Crippen LogP contribution is -2.18. The monoisotopic (exact) mass is 352 g/mol. The molecule has 6 nitrogen and oxygen atoms in total. The molecule has 0 heterocycles. The maximum absolute atomic E-state index is 11.8. The number of aryl methyl sites for hydroxylation is 2. The van der Waals surface area contributed by atoms with Crippen LogP contribution in [0.15, 0.2) is 51.1 Å². The van der Waals surface area contributed by atoms with Gasteiger partial charge < -0.3 is 0 Å². The molecule has 0 bridgehead atoms. The van der Waals surface area contributed by atoms with E-state index in [0.717, 1.165) is 22.1 Å². The Morgan fingerprint density at radius 2 is 1.78 bits per heavy atom. The third-order valence-corrected chi connectivity index (χ3v) is 5.91.